The van der Waals surface area contributed by atoms with Crippen molar-refractivity contribution in [2.45, 2.75) is 0 Å². The molecule has 2 heterocycles. The van der Waals surface area contributed by atoms with E-state index < -0.39 is 0 Å². The van der Waals surface area contributed by atoms with Gasteiger partial charge in [-0.2, -0.15) is 0 Å². The Morgan fingerprint density at radius 3 is 0.478 bits per heavy atom. The second-order valence-corrected chi connectivity index (χ2v) is 29.8. The number of hydrogen-bond donors (Lipinski definition) is 0. The van der Waals surface area contributed by atoms with Crippen LogP contribution >= 0.6 is 0 Å². The number of hydrogen-bond acceptors (Lipinski definition) is 0. The van der Waals surface area contributed by atoms with Crippen molar-refractivity contribution in [3.05, 3.63) is 0 Å². The maximum absolute atomic E-state index is 2.77. The van der Waals surface area contributed by atoms with E-state index in [1.165, 1.54) is 296 Å². The molecule has 0 N–H and O–H groups in total. The Hall–Kier alpha value is -5.08. The lowest BCUT2D eigenvalue weighted by molar-refractivity contribution is 1.22. The lowest BCUT2D eigenvalue weighted by Crippen LogP contribution is -2.57. The molecule has 9 aromatic carbocycles. The molecule has 2 nitrogen and oxygen atoms in total. The molecule has 0 radical (unpaired) electrons. The summed E-state index contributed by atoms with van der Waals surface area (Å²) in [7, 11) is 86.0. The first-order chi connectivity index (χ1) is 42.8. The quantitative estimate of drug-likeness (QED) is 0.147. The van der Waals surface area contributed by atoms with Crippen LogP contribution in [0.5, 0.6) is 0 Å². The van der Waals surface area contributed by atoms with Crippen molar-refractivity contribution in [3.63, 3.8) is 0 Å². The maximum Gasteiger partial charge on any atom is 0.141 e. The Morgan fingerprint density at radius 1 is 0.109 bits per heavy atom. The first kappa shape index (κ1) is 68.3. The van der Waals surface area contributed by atoms with Crippen LogP contribution in [0.3, 0.4) is 0 Å². The van der Waals surface area contributed by atoms with Gasteiger partial charge in [0.15, 0.2) is 0 Å². The highest BCUT2D eigenvalue weighted by atomic mass is 15.0. The third kappa shape index (κ3) is 8.92. The van der Waals surface area contributed by atoms with Gasteiger partial charge in [0.2, 0.25) is 0 Å². The number of rotatable bonds is 6. The molecule has 0 fully saturated rings. The molecule has 11 aromatic rings. The minimum atomic E-state index is 1.33. The zero-order valence-electron chi connectivity index (χ0n) is 63.9. The summed E-state index contributed by atoms with van der Waals surface area (Å²) in [5.41, 5.74) is 68.9. The van der Waals surface area contributed by atoms with Crippen molar-refractivity contribution in [2.24, 2.45) is 0 Å². The molecule has 0 aliphatic carbocycles. The summed E-state index contributed by atoms with van der Waals surface area (Å²) in [6.07, 6.45) is 0. The van der Waals surface area contributed by atoms with Gasteiger partial charge in [-0.1, -0.05) is 147 Å². The monoisotopic (exact) mass is 1140 g/mol. The summed E-state index contributed by atoms with van der Waals surface area (Å²) >= 11 is 0. The van der Waals surface area contributed by atoms with Crippen molar-refractivity contribution in [1.82, 2.24) is 9.13 Å². The van der Waals surface area contributed by atoms with E-state index in [4.69, 9.17) is 0 Å². The number of aromatic nitrogens is 2. The fourth-order valence-corrected chi connectivity index (χ4v) is 18.5. The van der Waals surface area contributed by atoms with Crippen LogP contribution in [-0.2, 0) is 0 Å². The van der Waals surface area contributed by atoms with E-state index in [2.05, 4.69) is 292 Å². The molecule has 2 aromatic heterocycles. The normalized spacial score (nSPS) is 11.7. The van der Waals surface area contributed by atoms with Gasteiger partial charge in [0.1, 0.15) is 282 Å². The lowest BCUT2D eigenvalue weighted by Gasteiger charge is -2.31. The first-order valence-corrected chi connectivity index (χ1v) is 34.3. The zero-order chi connectivity index (χ0) is 68.3. The Morgan fingerprint density at radius 2 is 0.239 bits per heavy atom. The molecule has 0 spiro atoms. The van der Waals surface area contributed by atoms with E-state index in [0.717, 1.165) is 0 Å². The molecule has 0 aliphatic rings. The second kappa shape index (κ2) is 23.3. The third-order valence-electron chi connectivity index (χ3n) is 26.5. The zero-order valence-corrected chi connectivity index (χ0v) is 63.9. The molecule has 0 saturated heterocycles. The van der Waals surface area contributed by atoms with E-state index >= 15 is 0 Å². The van der Waals surface area contributed by atoms with E-state index in [1.54, 1.807) is 0 Å². The second-order valence-electron chi connectivity index (χ2n) is 29.8. The largest absolute Gasteiger partial charge is 0.312 e. The van der Waals surface area contributed by atoms with Crippen LogP contribution in [0.25, 0.3) is 99.5 Å². The fourth-order valence-electron chi connectivity index (χ4n) is 18.5. The summed E-state index contributed by atoms with van der Waals surface area (Å²) in [6.45, 7) is 0. The van der Waals surface area contributed by atoms with Crippen LogP contribution in [0.2, 0.25) is 0 Å². The first-order valence-electron chi connectivity index (χ1n) is 34.3. The van der Waals surface area contributed by atoms with E-state index in [-0.39, 0.29) is 0 Å². The summed E-state index contributed by atoms with van der Waals surface area (Å²) in [6, 6.07) is 0. The van der Waals surface area contributed by atoms with Crippen LogP contribution in [-0.4, -0.2) is 292 Å². The van der Waals surface area contributed by atoms with Gasteiger partial charge in [-0.15, -0.1) is 49.2 Å². The molecule has 38 heteroatoms. The van der Waals surface area contributed by atoms with Crippen molar-refractivity contribution in [3.8, 4) is 55.9 Å². The third-order valence-corrected chi connectivity index (χ3v) is 26.5. The summed E-state index contributed by atoms with van der Waals surface area (Å²) in [5, 5.41) is 5.57. The van der Waals surface area contributed by atoms with Crippen LogP contribution in [0.1, 0.15) is 0 Å². The molecule has 0 atom stereocenters. The van der Waals surface area contributed by atoms with Crippen LogP contribution in [0, 0.1) is 0 Å². The summed E-state index contributed by atoms with van der Waals surface area (Å²) < 4.78 is 5.53. The van der Waals surface area contributed by atoms with E-state index in [9.17, 15) is 0 Å². The Labute approximate surface area is 583 Å². The van der Waals surface area contributed by atoms with E-state index in [0.29, 0.717) is 0 Å². The van der Waals surface area contributed by atoms with Crippen molar-refractivity contribution >= 4 is 523 Å². The highest BCUT2D eigenvalue weighted by Crippen LogP contribution is 2.32. The molecule has 0 amide bonds. The average Bonchev–Trinajstić information content (AvgIpc) is 1.51. The molecule has 11 rings (SSSR count). The smallest absolute Gasteiger partial charge is 0.141 e. The predicted octanol–water partition coefficient (Wildman–Crippen LogP) is -48.1. The lowest BCUT2D eigenvalue weighted by atomic mass is 9.55. The summed E-state index contributed by atoms with van der Waals surface area (Å²) in [5.74, 6) is 0. The minimum Gasteiger partial charge on any atom is -0.312 e. The molecule has 92 heavy (non-hydrogen) atoms. The van der Waals surface area contributed by atoms with Gasteiger partial charge in [0.05, 0.1) is 0 Å². The van der Waals surface area contributed by atoms with Gasteiger partial charge in [0.25, 0.3) is 0 Å². The summed E-state index contributed by atoms with van der Waals surface area (Å²) in [4.78, 5) is 0. The Kier molecular flexibility index (Phi) is 17.3. The average molecular weight is 1140 g/mol. The number of fused-ring (bicyclic) bond motifs is 6. The van der Waals surface area contributed by atoms with Crippen molar-refractivity contribution < 1.29 is 0 Å². The molecule has 0 saturated carbocycles. The highest BCUT2D eigenvalue weighted by Gasteiger charge is 2.33. The molecular formula is C54H72B36N2. The standard InChI is InChI=1S/C54H72B36N2/c55-13-3(5-18(60)31(73)37(79)32(74)19(5)61)16(58)30(72)17(59)4(13)6-24(66)43(85)53(44(86)25(6)67)91-49-9(11-28(70)35(77)39(81)47(89)51(11)91)14(56)1(22(64)41(49)83)2-15(57)10-12-29(71)36(78)40(82)48(90)52(12)92(50(10)42(84)23(2)65)54-45(87)26(68)8(27(69)46(54)88)7-20(62)33(75)38(80)34(76)21(7)63/h55-90H2. The van der Waals surface area contributed by atoms with Crippen LogP contribution < -0.4 is 197 Å². The van der Waals surface area contributed by atoms with Gasteiger partial charge < -0.3 is 9.13 Å². The number of nitrogens with zero attached hydrogens (tertiary/aromatic N) is 2. The molecular weight excluding hydrogens is 1070 g/mol. The Balaban J connectivity index is 1.25. The van der Waals surface area contributed by atoms with Gasteiger partial charge in [-0.05, 0) is 55.3 Å². The van der Waals surface area contributed by atoms with Crippen molar-refractivity contribution in [2.75, 3.05) is 0 Å². The Bertz CT molecular complexity index is 5230. The predicted molar refractivity (Wildman–Crippen MR) is 531 cm³/mol. The SMILES string of the molecule is Bc1c(B)c(B)c(-c2c(B)c(B)c(-n3c4c(B)c(B)c(B)c(B)c4c4c(B)c(-c5c(B)c(B)c6c(c5B)c5c(B)c(B)c(B)c(B)c5n6-c5c(B)c(B)c(-c6c(B)c(B)c(B)c(-c7c(B)c(B)c(B)c(B)c7B)c6B)c(B)c5B)c(B)c(B)c43)c(B)c2B)c(B)c1B. The van der Waals surface area contributed by atoms with E-state index in [1.807, 2.05) is 0 Å². The molecule has 0 unspecified atom stereocenters. The molecule has 0 aliphatic heterocycles. The van der Waals surface area contributed by atoms with Gasteiger partial charge >= 0.3 is 0 Å². The van der Waals surface area contributed by atoms with Gasteiger partial charge in [-0.25, -0.2) is 0 Å². The number of benzene rings is 9. The molecule has 0 bridgehead atoms. The van der Waals surface area contributed by atoms with Gasteiger partial charge in [-0.3, -0.25) is 0 Å². The van der Waals surface area contributed by atoms with Gasteiger partial charge in [0, 0.05) is 44.2 Å². The van der Waals surface area contributed by atoms with Crippen LogP contribution in [0.4, 0.5) is 0 Å². The van der Waals surface area contributed by atoms with Crippen molar-refractivity contribution in [1.29, 1.82) is 0 Å². The fraction of sp³-hybridized carbons (Fsp3) is 0. The molecule has 406 valence electrons. The minimum absolute atomic E-state index is 1.33. The van der Waals surface area contributed by atoms with Crippen LogP contribution in [0.15, 0.2) is 0 Å². The topological polar surface area (TPSA) is 9.86 Å². The maximum atomic E-state index is 2.77. The highest BCUT2D eigenvalue weighted by molar-refractivity contribution is 6.78.